The van der Waals surface area contributed by atoms with E-state index in [-0.39, 0.29) is 5.76 Å². The predicted molar refractivity (Wildman–Crippen MR) is 94.3 cm³/mol. The maximum Gasteiger partial charge on any atom is 0.329 e. The van der Waals surface area contributed by atoms with Gasteiger partial charge in [0.25, 0.3) is 0 Å². The van der Waals surface area contributed by atoms with Gasteiger partial charge in [-0.05, 0) is 29.7 Å². The van der Waals surface area contributed by atoms with E-state index in [1.54, 1.807) is 6.08 Å². The number of rotatable bonds is 4. The molecule has 0 radical (unpaired) electrons. The van der Waals surface area contributed by atoms with Crippen LogP contribution in [0.5, 0.6) is 0 Å². The van der Waals surface area contributed by atoms with E-state index in [4.69, 9.17) is 4.74 Å². The lowest BCUT2D eigenvalue weighted by molar-refractivity contribution is -0.151. The fourth-order valence-electron chi connectivity index (χ4n) is 2.60. The summed E-state index contributed by atoms with van der Waals surface area (Å²) >= 11 is 0. The van der Waals surface area contributed by atoms with Crippen molar-refractivity contribution in [2.45, 2.75) is 6.92 Å². The summed E-state index contributed by atoms with van der Waals surface area (Å²) in [5, 5.41) is 0. The number of ether oxygens (including phenoxy) is 1. The molecule has 0 aliphatic carbocycles. The average molecular weight is 332 g/mol. The van der Waals surface area contributed by atoms with Crippen LogP contribution in [-0.2, 0) is 19.1 Å². The van der Waals surface area contributed by atoms with Crippen LogP contribution in [0.4, 0.5) is 0 Å². The molecule has 3 rings (SSSR count). The van der Waals surface area contributed by atoms with Gasteiger partial charge in [0.2, 0.25) is 0 Å². The molecular formula is C21H16O4. The second-order valence-electron chi connectivity index (χ2n) is 5.74. The first-order valence-corrected chi connectivity index (χ1v) is 7.86. The van der Waals surface area contributed by atoms with E-state index >= 15 is 0 Å². The van der Waals surface area contributed by atoms with Crippen molar-refractivity contribution in [1.82, 2.24) is 0 Å². The molecule has 0 N–H and O–H groups in total. The largest absolute Gasteiger partial charge is 0.430 e. The Labute approximate surface area is 145 Å². The molecule has 2 aromatic carbocycles. The van der Waals surface area contributed by atoms with Crippen LogP contribution in [0, 0.1) is 5.92 Å². The second kappa shape index (κ2) is 7.09. The molecule has 0 aromatic heterocycles. The Bertz CT molecular complexity index is 874. The summed E-state index contributed by atoms with van der Waals surface area (Å²) in [5.41, 5.74) is 2.97. The number of hydrogen-bond acceptors (Lipinski definition) is 4. The van der Waals surface area contributed by atoms with E-state index in [2.05, 4.69) is 0 Å². The number of hydrogen-bond donors (Lipinski definition) is 0. The van der Waals surface area contributed by atoms with E-state index < -0.39 is 23.5 Å². The van der Waals surface area contributed by atoms with E-state index in [0.29, 0.717) is 0 Å². The van der Waals surface area contributed by atoms with Gasteiger partial charge in [0, 0.05) is 6.08 Å². The van der Waals surface area contributed by atoms with Gasteiger partial charge < -0.3 is 4.74 Å². The van der Waals surface area contributed by atoms with Gasteiger partial charge in [0.15, 0.2) is 17.5 Å². The second-order valence-corrected chi connectivity index (χ2v) is 5.74. The maximum absolute atomic E-state index is 12.1. The van der Waals surface area contributed by atoms with Gasteiger partial charge >= 0.3 is 5.97 Å². The van der Waals surface area contributed by atoms with Gasteiger partial charge in [-0.25, -0.2) is 0 Å². The topological polar surface area (TPSA) is 60.4 Å². The quantitative estimate of drug-likeness (QED) is 0.488. The molecule has 0 saturated carbocycles. The molecule has 25 heavy (non-hydrogen) atoms. The van der Waals surface area contributed by atoms with E-state index in [9.17, 15) is 14.4 Å². The summed E-state index contributed by atoms with van der Waals surface area (Å²) in [6.07, 6.45) is 4.01. The minimum Gasteiger partial charge on any atom is -0.430 e. The molecule has 124 valence electrons. The fourth-order valence-corrected chi connectivity index (χ4v) is 2.60. The van der Waals surface area contributed by atoms with Crippen molar-refractivity contribution in [1.29, 1.82) is 0 Å². The van der Waals surface area contributed by atoms with Crippen LogP contribution in [0.25, 0.3) is 17.2 Å². The SMILES string of the molecule is CC1=CC(=O)C(C(=O)C=Cc2ccc(-c3ccccc3)cc2)C(=O)O1. The Kier molecular flexibility index (Phi) is 4.70. The third kappa shape index (κ3) is 3.80. The Morgan fingerprint density at radius 2 is 1.60 bits per heavy atom. The van der Waals surface area contributed by atoms with Gasteiger partial charge in [-0.1, -0.05) is 60.7 Å². The smallest absolute Gasteiger partial charge is 0.329 e. The van der Waals surface area contributed by atoms with Gasteiger partial charge in [-0.2, -0.15) is 0 Å². The highest BCUT2D eigenvalue weighted by Gasteiger charge is 2.36. The van der Waals surface area contributed by atoms with Gasteiger partial charge in [0.05, 0.1) is 0 Å². The number of ketones is 2. The van der Waals surface area contributed by atoms with Gasteiger partial charge in [-0.3, -0.25) is 14.4 Å². The van der Waals surface area contributed by atoms with Gasteiger partial charge in [-0.15, -0.1) is 0 Å². The lowest BCUT2D eigenvalue weighted by atomic mass is 9.95. The zero-order valence-corrected chi connectivity index (χ0v) is 13.6. The normalized spacial score (nSPS) is 17.3. The highest BCUT2D eigenvalue weighted by atomic mass is 16.5. The molecular weight excluding hydrogens is 316 g/mol. The molecule has 4 nitrogen and oxygen atoms in total. The molecule has 0 spiro atoms. The summed E-state index contributed by atoms with van der Waals surface area (Å²) in [7, 11) is 0. The third-order valence-electron chi connectivity index (χ3n) is 3.87. The highest BCUT2D eigenvalue weighted by molar-refractivity contribution is 6.25. The standard InChI is InChI=1S/C21H16O4/c1-14-13-19(23)20(21(24)25-14)18(22)12-9-15-7-10-17(11-8-15)16-5-3-2-4-6-16/h2-13,20H,1H3. The van der Waals surface area contributed by atoms with E-state index in [1.165, 1.54) is 19.1 Å². The Balaban J connectivity index is 1.73. The number of cyclic esters (lactones) is 1. The van der Waals surface area contributed by atoms with Crippen molar-refractivity contribution >= 4 is 23.6 Å². The Hall–Kier alpha value is -3.27. The molecule has 1 heterocycles. The lowest BCUT2D eigenvalue weighted by Gasteiger charge is -2.15. The van der Waals surface area contributed by atoms with Crippen LogP contribution < -0.4 is 0 Å². The predicted octanol–water partition coefficient (Wildman–Crippen LogP) is 3.58. The van der Waals surface area contributed by atoms with Crippen LogP contribution >= 0.6 is 0 Å². The van der Waals surface area contributed by atoms with Gasteiger partial charge in [0.1, 0.15) is 5.76 Å². The van der Waals surface area contributed by atoms with Crippen LogP contribution in [0.1, 0.15) is 12.5 Å². The Morgan fingerprint density at radius 3 is 2.24 bits per heavy atom. The first-order chi connectivity index (χ1) is 12.0. The molecule has 4 heteroatoms. The number of carbonyl (C=O) groups is 3. The number of carbonyl (C=O) groups excluding carboxylic acids is 3. The third-order valence-corrected chi connectivity index (χ3v) is 3.87. The molecule has 0 fully saturated rings. The van der Waals surface area contributed by atoms with Crippen LogP contribution in [0.15, 0.2) is 72.5 Å². The number of esters is 1. The molecule has 1 unspecified atom stereocenters. The maximum atomic E-state index is 12.1. The Morgan fingerprint density at radius 1 is 0.960 bits per heavy atom. The first kappa shape index (κ1) is 16.6. The van der Waals surface area contributed by atoms with Crippen molar-refractivity contribution in [3.63, 3.8) is 0 Å². The van der Waals surface area contributed by atoms with E-state index in [1.807, 2.05) is 54.6 Å². The molecule has 0 saturated heterocycles. The first-order valence-electron chi connectivity index (χ1n) is 7.86. The lowest BCUT2D eigenvalue weighted by Crippen LogP contribution is -2.34. The summed E-state index contributed by atoms with van der Waals surface area (Å²) in [4.78, 5) is 35.7. The number of allylic oxidation sites excluding steroid dienone is 3. The molecule has 0 bridgehead atoms. The molecule has 1 aliphatic heterocycles. The van der Waals surface area contributed by atoms with Crippen molar-refractivity contribution in [3.05, 3.63) is 78.1 Å². The van der Waals surface area contributed by atoms with Crippen molar-refractivity contribution < 1.29 is 19.1 Å². The minimum absolute atomic E-state index is 0.208. The zero-order chi connectivity index (χ0) is 17.8. The fraction of sp³-hybridized carbons (Fsp3) is 0.0952. The van der Waals surface area contributed by atoms with Crippen LogP contribution in [0.3, 0.4) is 0 Å². The summed E-state index contributed by atoms with van der Waals surface area (Å²) < 4.78 is 4.85. The van der Waals surface area contributed by atoms with Crippen LogP contribution in [-0.4, -0.2) is 17.5 Å². The molecule has 1 aliphatic rings. The minimum atomic E-state index is -1.40. The van der Waals surface area contributed by atoms with Crippen LogP contribution in [0.2, 0.25) is 0 Å². The van der Waals surface area contributed by atoms with Crippen molar-refractivity contribution in [2.75, 3.05) is 0 Å². The zero-order valence-electron chi connectivity index (χ0n) is 13.6. The van der Waals surface area contributed by atoms with Crippen molar-refractivity contribution in [2.24, 2.45) is 5.92 Å². The molecule has 0 amide bonds. The summed E-state index contributed by atoms with van der Waals surface area (Å²) in [6, 6.07) is 17.6. The average Bonchev–Trinajstić information content (AvgIpc) is 2.60. The monoisotopic (exact) mass is 332 g/mol. The van der Waals surface area contributed by atoms with E-state index in [0.717, 1.165) is 16.7 Å². The number of benzene rings is 2. The highest BCUT2D eigenvalue weighted by Crippen LogP contribution is 2.20. The van der Waals surface area contributed by atoms with Crippen molar-refractivity contribution in [3.8, 4) is 11.1 Å². The molecule has 1 atom stereocenters. The molecule has 2 aromatic rings. The summed E-state index contributed by atoms with van der Waals surface area (Å²) in [6.45, 7) is 1.50. The summed E-state index contributed by atoms with van der Waals surface area (Å²) in [5.74, 6) is -3.13.